The lowest BCUT2D eigenvalue weighted by Crippen LogP contribution is -2.46. The standard InChI is InChI=1S/C22H20N8O2/c1-3-19(31)25-15-5-4-6-18(9-15)30-20-14(12-29(22(30)32)17-7-8-17)10-23-21(27-20)26-16-11-24-28(2)13-16/h1,4-6,9-11,13,17H,7-8,12H2,2H3,(H,25,31)(H,23,26,27). The van der Waals surface area contributed by atoms with E-state index in [1.54, 1.807) is 52.4 Å². The minimum Gasteiger partial charge on any atom is -0.321 e. The highest BCUT2D eigenvalue weighted by atomic mass is 16.2. The van der Waals surface area contributed by atoms with Crippen LogP contribution >= 0.6 is 0 Å². The molecule has 1 aliphatic carbocycles. The third-order valence-corrected chi connectivity index (χ3v) is 5.27. The first-order valence-corrected chi connectivity index (χ1v) is 10.1. The van der Waals surface area contributed by atoms with Crippen LogP contribution in [0.1, 0.15) is 18.4 Å². The van der Waals surface area contributed by atoms with Gasteiger partial charge in [0.25, 0.3) is 5.91 Å². The number of urea groups is 1. The van der Waals surface area contributed by atoms with Gasteiger partial charge in [-0.3, -0.25) is 9.48 Å². The smallest absolute Gasteiger partial charge is 0.321 e. The van der Waals surface area contributed by atoms with Gasteiger partial charge in [0.2, 0.25) is 5.95 Å². The number of amides is 3. The Kier molecular flexibility index (Phi) is 4.71. The van der Waals surface area contributed by atoms with E-state index in [-0.39, 0.29) is 12.1 Å². The number of aromatic nitrogens is 4. The van der Waals surface area contributed by atoms with Crippen LogP contribution in [-0.4, -0.2) is 42.6 Å². The van der Waals surface area contributed by atoms with Gasteiger partial charge in [0.15, 0.2) is 5.82 Å². The van der Waals surface area contributed by atoms with Crippen molar-refractivity contribution in [3.05, 3.63) is 48.4 Å². The van der Waals surface area contributed by atoms with Crippen molar-refractivity contribution in [3.8, 4) is 12.3 Å². The molecule has 1 fully saturated rings. The number of nitrogens with one attached hydrogen (secondary N) is 2. The minimum atomic E-state index is -0.558. The van der Waals surface area contributed by atoms with Crippen LogP contribution in [0.3, 0.4) is 0 Å². The molecule has 2 aromatic heterocycles. The summed E-state index contributed by atoms with van der Waals surface area (Å²) in [6, 6.07) is 7.01. The fourth-order valence-electron chi connectivity index (χ4n) is 3.64. The van der Waals surface area contributed by atoms with E-state index in [0.29, 0.717) is 29.7 Å². The Bertz CT molecular complexity index is 1260. The number of hydrogen-bond acceptors (Lipinski definition) is 6. The summed E-state index contributed by atoms with van der Waals surface area (Å²) < 4.78 is 1.67. The van der Waals surface area contributed by atoms with Gasteiger partial charge < -0.3 is 15.5 Å². The molecule has 5 rings (SSSR count). The second-order valence-corrected chi connectivity index (χ2v) is 7.70. The van der Waals surface area contributed by atoms with Crippen LogP contribution < -0.4 is 15.5 Å². The second-order valence-electron chi connectivity index (χ2n) is 7.70. The van der Waals surface area contributed by atoms with Crippen molar-refractivity contribution in [2.45, 2.75) is 25.4 Å². The second kappa shape index (κ2) is 7.70. The summed E-state index contributed by atoms with van der Waals surface area (Å²) in [5.41, 5.74) is 2.64. The molecule has 3 heterocycles. The molecule has 0 saturated heterocycles. The Balaban J connectivity index is 1.54. The van der Waals surface area contributed by atoms with E-state index >= 15 is 0 Å². The van der Waals surface area contributed by atoms with Crippen molar-refractivity contribution in [3.63, 3.8) is 0 Å². The Morgan fingerprint density at radius 3 is 2.81 bits per heavy atom. The first-order chi connectivity index (χ1) is 15.5. The lowest BCUT2D eigenvalue weighted by atomic mass is 10.1. The van der Waals surface area contributed by atoms with Crippen molar-refractivity contribution in [2.75, 3.05) is 15.5 Å². The van der Waals surface area contributed by atoms with Crippen molar-refractivity contribution in [1.29, 1.82) is 0 Å². The van der Waals surface area contributed by atoms with Crippen LogP contribution in [0.15, 0.2) is 42.9 Å². The number of fused-ring (bicyclic) bond motifs is 1. The summed E-state index contributed by atoms with van der Waals surface area (Å²) in [6.07, 6.45) is 12.3. The molecule has 2 aliphatic rings. The zero-order valence-electron chi connectivity index (χ0n) is 17.3. The number of terminal acetylenes is 1. The molecule has 0 bridgehead atoms. The number of rotatable bonds is 5. The fourth-order valence-corrected chi connectivity index (χ4v) is 3.64. The number of carbonyl (C=O) groups is 2. The van der Waals surface area contributed by atoms with Gasteiger partial charge in [-0.2, -0.15) is 10.1 Å². The molecule has 2 N–H and O–H groups in total. The van der Waals surface area contributed by atoms with E-state index in [4.69, 9.17) is 6.42 Å². The summed E-state index contributed by atoms with van der Waals surface area (Å²) in [6.45, 7) is 0.454. The van der Waals surface area contributed by atoms with Crippen molar-refractivity contribution in [1.82, 2.24) is 24.6 Å². The molecule has 3 aromatic rings. The largest absolute Gasteiger partial charge is 0.330 e. The maximum atomic E-state index is 13.5. The summed E-state index contributed by atoms with van der Waals surface area (Å²) in [5, 5.41) is 9.87. The van der Waals surface area contributed by atoms with Gasteiger partial charge in [0, 0.05) is 36.7 Å². The lowest BCUT2D eigenvalue weighted by molar-refractivity contribution is -0.111. The predicted molar refractivity (Wildman–Crippen MR) is 119 cm³/mol. The minimum absolute atomic E-state index is 0.161. The van der Waals surface area contributed by atoms with Crippen molar-refractivity contribution in [2.24, 2.45) is 7.05 Å². The molecule has 3 amide bonds. The highest BCUT2D eigenvalue weighted by molar-refractivity contribution is 6.05. The molecule has 1 aliphatic heterocycles. The van der Waals surface area contributed by atoms with E-state index in [1.165, 1.54) is 0 Å². The molecule has 160 valence electrons. The van der Waals surface area contributed by atoms with Gasteiger partial charge in [-0.1, -0.05) is 6.07 Å². The number of benzene rings is 1. The third-order valence-electron chi connectivity index (χ3n) is 5.27. The molecule has 0 atom stereocenters. The van der Waals surface area contributed by atoms with E-state index in [9.17, 15) is 9.59 Å². The zero-order valence-corrected chi connectivity index (χ0v) is 17.3. The van der Waals surface area contributed by atoms with E-state index in [0.717, 1.165) is 24.1 Å². The Morgan fingerprint density at radius 1 is 1.25 bits per heavy atom. The van der Waals surface area contributed by atoms with Gasteiger partial charge >= 0.3 is 6.03 Å². The molecule has 1 aromatic carbocycles. The maximum absolute atomic E-state index is 13.5. The summed E-state index contributed by atoms with van der Waals surface area (Å²) >= 11 is 0. The summed E-state index contributed by atoms with van der Waals surface area (Å²) in [7, 11) is 1.82. The Labute approximate surface area is 184 Å². The Morgan fingerprint density at radius 2 is 2.09 bits per heavy atom. The highest BCUT2D eigenvalue weighted by Gasteiger charge is 2.41. The number of nitrogens with zero attached hydrogens (tertiary/aromatic N) is 6. The lowest BCUT2D eigenvalue weighted by Gasteiger charge is -2.36. The Hall–Kier alpha value is -4.39. The van der Waals surface area contributed by atoms with Gasteiger partial charge in [-0.15, -0.1) is 6.42 Å². The van der Waals surface area contributed by atoms with E-state index in [1.807, 2.05) is 17.9 Å². The van der Waals surface area contributed by atoms with Gasteiger partial charge in [-0.25, -0.2) is 14.7 Å². The number of anilines is 5. The quantitative estimate of drug-likeness (QED) is 0.605. The monoisotopic (exact) mass is 428 g/mol. The number of aryl methyl sites for hydroxylation is 1. The molecule has 10 heteroatoms. The van der Waals surface area contributed by atoms with Crippen molar-refractivity contribution < 1.29 is 9.59 Å². The normalized spacial score (nSPS) is 15.2. The molecule has 0 radical (unpaired) electrons. The molecule has 10 nitrogen and oxygen atoms in total. The predicted octanol–water partition coefficient (Wildman–Crippen LogP) is 2.76. The fraction of sp³-hybridized carbons (Fsp3) is 0.227. The van der Waals surface area contributed by atoms with E-state index < -0.39 is 5.91 Å². The van der Waals surface area contributed by atoms with E-state index in [2.05, 4.69) is 25.7 Å². The van der Waals surface area contributed by atoms with Crippen LogP contribution in [-0.2, 0) is 18.4 Å². The topological polar surface area (TPSA) is 108 Å². The first kappa shape index (κ1) is 19.6. The number of hydrogen-bond donors (Lipinski definition) is 2. The SMILES string of the molecule is C#CC(=O)Nc1cccc(N2C(=O)N(C3CC3)Cc3cnc(Nc4cnn(C)c4)nc32)c1. The molecular formula is C22H20N8O2. The van der Waals surface area contributed by atoms with Crippen LogP contribution in [0.25, 0.3) is 0 Å². The summed E-state index contributed by atoms with van der Waals surface area (Å²) in [4.78, 5) is 37.6. The van der Waals surface area contributed by atoms with Gasteiger partial charge in [-0.05, 0) is 37.0 Å². The molecular weight excluding hydrogens is 408 g/mol. The molecule has 0 spiro atoms. The van der Waals surface area contributed by atoms with Crippen LogP contribution in [0.2, 0.25) is 0 Å². The first-order valence-electron chi connectivity index (χ1n) is 10.1. The maximum Gasteiger partial charge on any atom is 0.330 e. The van der Waals surface area contributed by atoms with Crippen LogP contribution in [0.5, 0.6) is 0 Å². The molecule has 32 heavy (non-hydrogen) atoms. The molecule has 0 unspecified atom stereocenters. The van der Waals surface area contributed by atoms with Gasteiger partial charge in [0.05, 0.1) is 24.1 Å². The average Bonchev–Trinajstić information content (AvgIpc) is 3.55. The third kappa shape index (κ3) is 3.72. The zero-order chi connectivity index (χ0) is 22.2. The van der Waals surface area contributed by atoms with Crippen LogP contribution in [0.4, 0.5) is 33.6 Å². The highest BCUT2D eigenvalue weighted by Crippen LogP contribution is 2.39. The van der Waals surface area contributed by atoms with Crippen molar-refractivity contribution >= 4 is 40.8 Å². The number of carbonyl (C=O) groups excluding carboxylic acids is 2. The molecule has 1 saturated carbocycles. The average molecular weight is 428 g/mol. The summed E-state index contributed by atoms with van der Waals surface area (Å²) in [5.74, 6) is 2.31. The van der Waals surface area contributed by atoms with Gasteiger partial charge in [0.1, 0.15) is 0 Å². The van der Waals surface area contributed by atoms with Crippen LogP contribution in [0, 0.1) is 12.3 Å².